The third-order valence-electron chi connectivity index (χ3n) is 3.29. The van der Waals surface area contributed by atoms with Crippen LogP contribution < -0.4 is 0 Å². The van der Waals surface area contributed by atoms with Crippen molar-refractivity contribution in [3.8, 4) is 0 Å². The molecule has 5 heteroatoms. The van der Waals surface area contributed by atoms with Crippen LogP contribution in [0.3, 0.4) is 0 Å². The fraction of sp³-hybridized carbons (Fsp3) is 0.500. The fourth-order valence-corrected chi connectivity index (χ4v) is 2.77. The minimum absolute atomic E-state index is 0.0733. The number of aliphatic hydroxyl groups is 1. The van der Waals surface area contributed by atoms with E-state index in [1.165, 1.54) is 0 Å². The number of carbonyl (C=O) groups excluding carboxylic acids is 1. The Bertz CT molecular complexity index is 443. The van der Waals surface area contributed by atoms with Crippen LogP contribution in [0.4, 0.5) is 0 Å². The van der Waals surface area contributed by atoms with Gasteiger partial charge in [0.2, 0.25) is 0 Å². The van der Waals surface area contributed by atoms with E-state index in [0.717, 1.165) is 17.6 Å². The zero-order valence-corrected chi connectivity index (χ0v) is 12.6. The van der Waals surface area contributed by atoms with Crippen molar-refractivity contribution in [3.05, 3.63) is 34.3 Å². The number of piperazine rings is 1. The van der Waals surface area contributed by atoms with Gasteiger partial charge in [0.1, 0.15) is 0 Å². The third-order valence-corrected chi connectivity index (χ3v) is 3.98. The summed E-state index contributed by atoms with van der Waals surface area (Å²) in [5.74, 6) is 0.0733. The summed E-state index contributed by atoms with van der Waals surface area (Å²) in [7, 11) is 0. The molecule has 2 rings (SSSR count). The molecule has 0 radical (unpaired) electrons. The number of rotatable bonds is 3. The molecule has 0 aliphatic carbocycles. The Labute approximate surface area is 122 Å². The lowest BCUT2D eigenvalue weighted by molar-refractivity contribution is 0.0553. The van der Waals surface area contributed by atoms with Crippen molar-refractivity contribution in [2.75, 3.05) is 32.7 Å². The minimum Gasteiger partial charge on any atom is -0.392 e. The largest absolute Gasteiger partial charge is 0.392 e. The standard InChI is InChI=1S/C14H19BrN2O2/c1-11(18)10-16-6-8-17(9-7-16)14(19)12-4-2-3-5-13(12)15/h2-5,11,18H,6-10H2,1H3. The predicted octanol–water partition coefficient (Wildman–Crippen LogP) is 1.59. The van der Waals surface area contributed by atoms with Gasteiger partial charge in [0, 0.05) is 37.2 Å². The Kier molecular flexibility index (Phi) is 4.96. The number of halogens is 1. The lowest BCUT2D eigenvalue weighted by atomic mass is 10.2. The molecule has 1 aromatic carbocycles. The van der Waals surface area contributed by atoms with E-state index in [1.807, 2.05) is 29.2 Å². The lowest BCUT2D eigenvalue weighted by Crippen LogP contribution is -2.50. The first-order chi connectivity index (χ1) is 9.08. The molecule has 19 heavy (non-hydrogen) atoms. The zero-order chi connectivity index (χ0) is 13.8. The van der Waals surface area contributed by atoms with Crippen molar-refractivity contribution in [2.24, 2.45) is 0 Å². The van der Waals surface area contributed by atoms with Crippen LogP contribution in [0.25, 0.3) is 0 Å². The van der Waals surface area contributed by atoms with Crippen molar-refractivity contribution in [2.45, 2.75) is 13.0 Å². The van der Waals surface area contributed by atoms with Gasteiger partial charge in [-0.25, -0.2) is 0 Å². The highest BCUT2D eigenvalue weighted by Gasteiger charge is 2.23. The van der Waals surface area contributed by atoms with Crippen LogP contribution >= 0.6 is 15.9 Å². The summed E-state index contributed by atoms with van der Waals surface area (Å²) in [6, 6.07) is 7.51. The van der Waals surface area contributed by atoms with Gasteiger partial charge in [-0.05, 0) is 35.0 Å². The highest BCUT2D eigenvalue weighted by Crippen LogP contribution is 2.18. The summed E-state index contributed by atoms with van der Waals surface area (Å²) in [6.45, 7) is 5.54. The Morgan fingerprint density at radius 1 is 1.32 bits per heavy atom. The number of β-amino-alcohol motifs (C(OH)–C–C–N with tert-alkyl or cyclic N) is 1. The molecule has 1 amide bonds. The molecule has 0 aromatic heterocycles. The number of carbonyl (C=O) groups is 1. The van der Waals surface area contributed by atoms with Crippen LogP contribution in [0.15, 0.2) is 28.7 Å². The second-order valence-electron chi connectivity index (χ2n) is 4.92. The number of amides is 1. The van der Waals surface area contributed by atoms with Gasteiger partial charge in [-0.2, -0.15) is 0 Å². The third kappa shape index (κ3) is 3.78. The maximum Gasteiger partial charge on any atom is 0.255 e. The maximum atomic E-state index is 12.4. The molecule has 0 bridgehead atoms. The van der Waals surface area contributed by atoms with E-state index in [0.29, 0.717) is 25.2 Å². The number of benzene rings is 1. The molecular weight excluding hydrogens is 308 g/mol. The van der Waals surface area contributed by atoms with Crippen molar-refractivity contribution in [1.82, 2.24) is 9.80 Å². The predicted molar refractivity (Wildman–Crippen MR) is 78.2 cm³/mol. The molecule has 0 spiro atoms. The first-order valence-electron chi connectivity index (χ1n) is 6.52. The Morgan fingerprint density at radius 2 is 1.95 bits per heavy atom. The molecule has 1 unspecified atom stereocenters. The van der Waals surface area contributed by atoms with E-state index >= 15 is 0 Å². The summed E-state index contributed by atoms with van der Waals surface area (Å²) in [5.41, 5.74) is 0.714. The summed E-state index contributed by atoms with van der Waals surface area (Å²) in [4.78, 5) is 16.4. The second kappa shape index (κ2) is 6.50. The SMILES string of the molecule is CC(O)CN1CCN(C(=O)c2ccccc2Br)CC1. The number of hydrogen-bond acceptors (Lipinski definition) is 3. The van der Waals surface area contributed by atoms with Crippen LogP contribution in [-0.2, 0) is 0 Å². The number of hydrogen-bond donors (Lipinski definition) is 1. The van der Waals surface area contributed by atoms with E-state index in [1.54, 1.807) is 6.92 Å². The topological polar surface area (TPSA) is 43.8 Å². The van der Waals surface area contributed by atoms with Crippen molar-refractivity contribution in [3.63, 3.8) is 0 Å². The Hall–Kier alpha value is -0.910. The molecule has 1 saturated heterocycles. The summed E-state index contributed by atoms with van der Waals surface area (Å²) < 4.78 is 0.839. The minimum atomic E-state index is -0.314. The second-order valence-corrected chi connectivity index (χ2v) is 5.78. The molecule has 1 aliphatic heterocycles. The van der Waals surface area contributed by atoms with Crippen molar-refractivity contribution >= 4 is 21.8 Å². The average Bonchev–Trinajstić information content (AvgIpc) is 2.39. The van der Waals surface area contributed by atoms with E-state index in [9.17, 15) is 9.90 Å². The molecule has 0 saturated carbocycles. The van der Waals surface area contributed by atoms with Crippen LogP contribution in [0.5, 0.6) is 0 Å². The summed E-state index contributed by atoms with van der Waals surface area (Å²) >= 11 is 3.42. The molecule has 1 heterocycles. The highest BCUT2D eigenvalue weighted by molar-refractivity contribution is 9.10. The van der Waals surface area contributed by atoms with Crippen molar-refractivity contribution < 1.29 is 9.90 Å². The molecule has 4 nitrogen and oxygen atoms in total. The van der Waals surface area contributed by atoms with E-state index in [-0.39, 0.29) is 12.0 Å². The highest BCUT2D eigenvalue weighted by atomic mass is 79.9. The van der Waals surface area contributed by atoms with Crippen LogP contribution in [0.2, 0.25) is 0 Å². The maximum absolute atomic E-state index is 12.4. The van der Waals surface area contributed by atoms with Gasteiger partial charge in [0.05, 0.1) is 11.7 Å². The molecule has 1 atom stereocenters. The van der Waals surface area contributed by atoms with Gasteiger partial charge in [-0.15, -0.1) is 0 Å². The van der Waals surface area contributed by atoms with Gasteiger partial charge in [-0.1, -0.05) is 12.1 Å². The Balaban J connectivity index is 1.95. The van der Waals surface area contributed by atoms with Crippen LogP contribution in [0.1, 0.15) is 17.3 Å². The zero-order valence-electron chi connectivity index (χ0n) is 11.1. The number of aliphatic hydroxyl groups excluding tert-OH is 1. The van der Waals surface area contributed by atoms with Gasteiger partial charge >= 0.3 is 0 Å². The molecule has 1 aliphatic rings. The van der Waals surface area contributed by atoms with Crippen LogP contribution in [-0.4, -0.2) is 59.6 Å². The molecule has 1 fully saturated rings. The van der Waals surface area contributed by atoms with E-state index in [2.05, 4.69) is 20.8 Å². The van der Waals surface area contributed by atoms with Gasteiger partial charge in [-0.3, -0.25) is 9.69 Å². The van der Waals surface area contributed by atoms with Gasteiger partial charge in [0.25, 0.3) is 5.91 Å². The first kappa shape index (κ1) is 14.5. The van der Waals surface area contributed by atoms with E-state index in [4.69, 9.17) is 0 Å². The van der Waals surface area contributed by atoms with Crippen LogP contribution in [0, 0.1) is 0 Å². The molecule has 104 valence electrons. The van der Waals surface area contributed by atoms with Crippen molar-refractivity contribution in [1.29, 1.82) is 0 Å². The Morgan fingerprint density at radius 3 is 2.53 bits per heavy atom. The van der Waals surface area contributed by atoms with Gasteiger partial charge < -0.3 is 10.0 Å². The lowest BCUT2D eigenvalue weighted by Gasteiger charge is -2.35. The number of nitrogens with zero attached hydrogens (tertiary/aromatic N) is 2. The quantitative estimate of drug-likeness (QED) is 0.917. The van der Waals surface area contributed by atoms with Gasteiger partial charge in [0.15, 0.2) is 0 Å². The molecule has 1 N–H and O–H groups in total. The smallest absolute Gasteiger partial charge is 0.255 e. The molecule has 1 aromatic rings. The summed E-state index contributed by atoms with van der Waals surface area (Å²) in [6.07, 6.45) is -0.314. The normalized spacial score (nSPS) is 18.4. The first-order valence-corrected chi connectivity index (χ1v) is 7.31. The van der Waals surface area contributed by atoms with E-state index < -0.39 is 0 Å². The monoisotopic (exact) mass is 326 g/mol. The fourth-order valence-electron chi connectivity index (χ4n) is 2.31. The molecular formula is C14H19BrN2O2. The average molecular weight is 327 g/mol. The summed E-state index contributed by atoms with van der Waals surface area (Å²) in [5, 5.41) is 9.37.